The molecule has 0 spiro atoms. The van der Waals surface area contributed by atoms with Crippen molar-refractivity contribution in [2.24, 2.45) is 11.5 Å². The molecule has 0 bridgehead atoms. The Hall–Kier alpha value is -7.58. The number of nitrogens with two attached hydrogens (primary N) is 2. The maximum Gasteiger partial charge on any atom is 0.248 e. The van der Waals surface area contributed by atoms with E-state index in [1.54, 1.807) is 33.6 Å². The predicted molar refractivity (Wildman–Crippen MR) is 247 cm³/mol. The van der Waals surface area contributed by atoms with E-state index < -0.39 is 11.8 Å². The third-order valence-electron chi connectivity index (χ3n) is 11.9. The normalized spacial score (nSPS) is 13.6. The van der Waals surface area contributed by atoms with Gasteiger partial charge in [0.15, 0.2) is 11.6 Å². The van der Waals surface area contributed by atoms with E-state index in [1.165, 1.54) is 7.11 Å². The van der Waals surface area contributed by atoms with Crippen LogP contribution in [0.5, 0.6) is 23.3 Å². The van der Waals surface area contributed by atoms with Gasteiger partial charge in [-0.2, -0.15) is 20.2 Å². The van der Waals surface area contributed by atoms with Crippen LogP contribution in [0.1, 0.15) is 52.4 Å². The molecule has 6 N–H and O–H groups in total. The van der Waals surface area contributed by atoms with E-state index in [9.17, 15) is 19.8 Å². The van der Waals surface area contributed by atoms with Crippen LogP contribution >= 0.6 is 0 Å². The van der Waals surface area contributed by atoms with E-state index in [4.69, 9.17) is 35.6 Å². The Bertz CT molecular complexity index is 3230. The summed E-state index contributed by atoms with van der Waals surface area (Å²) in [5.74, 6) is -0.646. The van der Waals surface area contributed by atoms with E-state index in [0.29, 0.717) is 106 Å². The molecule has 2 amide bonds. The monoisotopic (exact) mass is 897 g/mol. The fourth-order valence-electron chi connectivity index (χ4n) is 8.84. The summed E-state index contributed by atoms with van der Waals surface area (Å²) >= 11 is 0. The van der Waals surface area contributed by atoms with Gasteiger partial charge in [-0.1, -0.05) is 12.2 Å². The molecule has 0 unspecified atom stereocenters. The number of primary amides is 2. The fraction of sp³-hybridized carbons (Fsp3) is 0.348. The highest BCUT2D eigenvalue weighted by Gasteiger charge is 2.26. The standard InChI is InChI=1S/C46H51N13O7/c1-6-58-31(19-25(3)53-58)41-49-43-35(45(62)51-41)29-21-27(39(47)60)23-33(64-5)37(29)56(43)12-8-9-13-57-38-30(36-44(57)50-42(52-46(36)63)32-20-26(4)54-59(32)7-2)22-28(40(48)61)24-34(38)66-16-10-11-55-14-17-65-18-15-55/h8-9,19-24H,6-7,10-18H2,1-5H3,(H2,47,60)(H2,48,61)(H,49,51,62)(H,50,52,63)/b9-8+. The molecule has 342 valence electrons. The molecule has 0 radical (unpaired) electrons. The Labute approximate surface area is 378 Å². The van der Waals surface area contributed by atoms with Crippen LogP contribution in [-0.2, 0) is 30.9 Å². The number of morpholine rings is 1. The van der Waals surface area contributed by atoms with Gasteiger partial charge in [0.05, 0.1) is 60.1 Å². The number of carbonyl (C=O) groups excluding carboxylic acids is 2. The summed E-state index contributed by atoms with van der Waals surface area (Å²) in [6, 6.07) is 10.1. The van der Waals surface area contributed by atoms with Crippen molar-refractivity contribution in [2.45, 2.75) is 60.3 Å². The predicted octanol–water partition coefficient (Wildman–Crippen LogP) is 4.84. The summed E-state index contributed by atoms with van der Waals surface area (Å²) in [6.07, 6.45) is 4.57. The van der Waals surface area contributed by atoms with Gasteiger partial charge in [0.2, 0.25) is 23.6 Å². The first-order valence-corrected chi connectivity index (χ1v) is 21.8. The number of fused-ring (bicyclic) bond motifs is 6. The number of carbonyl (C=O) groups is 2. The number of rotatable bonds is 16. The number of aryl methyl sites for hydroxylation is 4. The van der Waals surface area contributed by atoms with Crippen LogP contribution in [0.25, 0.3) is 66.9 Å². The van der Waals surface area contributed by atoms with Crippen molar-refractivity contribution in [3.63, 3.8) is 0 Å². The van der Waals surface area contributed by atoms with Crippen LogP contribution in [0.3, 0.4) is 0 Å². The van der Waals surface area contributed by atoms with E-state index in [1.807, 2.05) is 61.1 Å². The van der Waals surface area contributed by atoms with Gasteiger partial charge in [0.1, 0.15) is 34.2 Å². The largest absolute Gasteiger partial charge is 0.495 e. The van der Waals surface area contributed by atoms with Crippen molar-refractivity contribution >= 4 is 55.7 Å². The number of allylic oxidation sites excluding steroid dienone is 2. The molecular formula is C46H51N13O7. The molecule has 1 aliphatic rings. The zero-order valence-corrected chi connectivity index (χ0v) is 37.4. The van der Waals surface area contributed by atoms with Crippen molar-refractivity contribution in [3.8, 4) is 46.3 Å². The second-order valence-corrected chi connectivity index (χ2v) is 16.1. The number of hydrogen-bond acceptors (Lipinski definition) is 14. The molecule has 0 atom stereocenters. The van der Waals surface area contributed by atoms with E-state index >= 15 is 0 Å². The topological polar surface area (TPSA) is 255 Å². The minimum atomic E-state index is -0.669. The first-order chi connectivity index (χ1) is 31.9. The number of benzene rings is 2. The number of methoxy groups -OCH3 is 1. The van der Waals surface area contributed by atoms with Crippen molar-refractivity contribution in [1.82, 2.24) is 53.5 Å². The fourth-order valence-corrected chi connectivity index (χ4v) is 8.84. The van der Waals surface area contributed by atoms with Crippen molar-refractivity contribution in [1.29, 1.82) is 0 Å². The minimum Gasteiger partial charge on any atom is -0.495 e. The van der Waals surface area contributed by atoms with Crippen molar-refractivity contribution in [2.75, 3.05) is 46.6 Å². The van der Waals surface area contributed by atoms with Gasteiger partial charge in [0.25, 0.3) is 0 Å². The third kappa shape index (κ3) is 7.87. The van der Waals surface area contributed by atoms with Crippen LogP contribution < -0.4 is 20.9 Å². The number of aromatic hydroxyl groups is 2. The molecule has 1 aliphatic heterocycles. The van der Waals surface area contributed by atoms with Crippen LogP contribution in [-0.4, -0.2) is 122 Å². The summed E-state index contributed by atoms with van der Waals surface area (Å²) in [4.78, 5) is 46.7. The van der Waals surface area contributed by atoms with Gasteiger partial charge in [-0.15, -0.1) is 0 Å². The maximum atomic E-state index is 12.8. The molecule has 2 aromatic carbocycles. The lowest BCUT2D eigenvalue weighted by Crippen LogP contribution is -2.37. The third-order valence-corrected chi connectivity index (χ3v) is 11.9. The van der Waals surface area contributed by atoms with Gasteiger partial charge in [-0.25, -0.2) is 9.97 Å². The van der Waals surface area contributed by atoms with Crippen LogP contribution in [0.4, 0.5) is 0 Å². The zero-order valence-electron chi connectivity index (χ0n) is 37.4. The molecule has 20 heteroatoms. The summed E-state index contributed by atoms with van der Waals surface area (Å²) < 4.78 is 25.2. The Morgan fingerprint density at radius 3 is 1.68 bits per heavy atom. The number of nitrogens with zero attached hydrogens (tertiary/aromatic N) is 11. The quantitative estimate of drug-likeness (QED) is 0.0748. The molecule has 9 rings (SSSR count). The van der Waals surface area contributed by atoms with Gasteiger partial charge in [-0.3, -0.25) is 23.9 Å². The SMILES string of the molecule is CCn1nc(C)cc1-c1nc(O)c2c3cc(C(N)=O)cc(OC)c3n(C/C=C/Cn3c4nc(-c5cc(C)nn5CC)nc(O)c4c4cc(C(N)=O)cc(OCCCN5CCOCC5)c43)c2n1. The highest BCUT2D eigenvalue weighted by atomic mass is 16.5. The Balaban J connectivity index is 1.18. The first-order valence-electron chi connectivity index (χ1n) is 21.8. The highest BCUT2D eigenvalue weighted by molar-refractivity contribution is 6.15. The second kappa shape index (κ2) is 17.8. The summed E-state index contributed by atoms with van der Waals surface area (Å²) in [7, 11) is 1.49. The minimum absolute atomic E-state index is 0.184. The first kappa shape index (κ1) is 43.7. The van der Waals surface area contributed by atoms with E-state index in [2.05, 4.69) is 25.1 Å². The lowest BCUT2D eigenvalue weighted by molar-refractivity contribution is 0.0358. The molecule has 0 saturated carbocycles. The average Bonchev–Trinajstić information content (AvgIpc) is 4.06. The van der Waals surface area contributed by atoms with Gasteiger partial charge in [-0.05, 0) is 70.5 Å². The van der Waals surface area contributed by atoms with Crippen LogP contribution in [0.2, 0.25) is 0 Å². The Morgan fingerprint density at radius 2 is 1.21 bits per heavy atom. The van der Waals surface area contributed by atoms with Gasteiger partial charge < -0.3 is 45.0 Å². The number of aromatic nitrogens is 10. The zero-order chi connectivity index (χ0) is 46.4. The molecule has 7 heterocycles. The molecule has 0 aliphatic carbocycles. The Morgan fingerprint density at radius 1 is 0.727 bits per heavy atom. The lowest BCUT2D eigenvalue weighted by atomic mass is 10.1. The maximum absolute atomic E-state index is 12.8. The average molecular weight is 898 g/mol. The molecule has 1 fully saturated rings. The van der Waals surface area contributed by atoms with Crippen LogP contribution in [0.15, 0.2) is 48.6 Å². The molecular weight excluding hydrogens is 847 g/mol. The molecule has 66 heavy (non-hydrogen) atoms. The van der Waals surface area contributed by atoms with Crippen molar-refractivity contribution in [3.05, 3.63) is 71.1 Å². The molecule has 8 aromatic rings. The number of ether oxygens (including phenoxy) is 3. The second-order valence-electron chi connectivity index (χ2n) is 16.1. The van der Waals surface area contributed by atoms with Gasteiger partial charge >= 0.3 is 0 Å². The lowest BCUT2D eigenvalue weighted by Gasteiger charge is -2.26. The van der Waals surface area contributed by atoms with Crippen molar-refractivity contribution < 1.29 is 34.0 Å². The van der Waals surface area contributed by atoms with E-state index in [0.717, 1.165) is 31.0 Å². The van der Waals surface area contributed by atoms with Gasteiger partial charge in [0, 0.05) is 67.7 Å². The highest BCUT2D eigenvalue weighted by Crippen LogP contribution is 2.42. The van der Waals surface area contributed by atoms with E-state index in [-0.39, 0.29) is 47.6 Å². The number of amides is 2. The molecule has 1 saturated heterocycles. The molecule has 20 nitrogen and oxygen atoms in total. The summed E-state index contributed by atoms with van der Waals surface area (Å²) in [6.45, 7) is 13.4. The molecule has 6 aromatic heterocycles. The summed E-state index contributed by atoms with van der Waals surface area (Å²) in [5.41, 5.74) is 16.7. The Kier molecular flexibility index (Phi) is 11.8. The number of hydrogen-bond donors (Lipinski definition) is 4. The summed E-state index contributed by atoms with van der Waals surface area (Å²) in [5, 5.41) is 34.1. The smallest absolute Gasteiger partial charge is 0.248 e. The van der Waals surface area contributed by atoms with Crippen LogP contribution in [0, 0.1) is 13.8 Å².